The zero-order chi connectivity index (χ0) is 23.1. The Balaban J connectivity index is 1.75. The maximum absolute atomic E-state index is 12.2. The molecule has 0 bridgehead atoms. The van der Waals surface area contributed by atoms with Gasteiger partial charge < -0.3 is 9.47 Å². The number of hydrogen-bond donors (Lipinski definition) is 1. The molecule has 1 amide bonds. The minimum atomic E-state index is -0.739. The van der Waals surface area contributed by atoms with Crippen LogP contribution in [0.4, 0.5) is 11.4 Å². The topological polar surface area (TPSA) is 146 Å². The van der Waals surface area contributed by atoms with Crippen LogP contribution in [-0.2, 0) is 0 Å². The Morgan fingerprint density at radius 3 is 2.25 bits per heavy atom. The number of amides is 1. The predicted octanol–water partition coefficient (Wildman–Crippen LogP) is 4.07. The van der Waals surface area contributed by atoms with Crippen molar-refractivity contribution in [2.45, 2.75) is 0 Å². The van der Waals surface area contributed by atoms with Crippen molar-refractivity contribution >= 4 is 23.5 Å². The Hall–Kier alpha value is -4.80. The van der Waals surface area contributed by atoms with Crippen molar-refractivity contribution in [2.24, 2.45) is 5.10 Å². The zero-order valence-electron chi connectivity index (χ0n) is 16.6. The molecule has 0 aliphatic heterocycles. The minimum absolute atomic E-state index is 0.0499. The van der Waals surface area contributed by atoms with Gasteiger partial charge in [-0.1, -0.05) is 24.3 Å². The van der Waals surface area contributed by atoms with Gasteiger partial charge in [-0.25, -0.2) is 5.43 Å². The van der Waals surface area contributed by atoms with Gasteiger partial charge in [0.15, 0.2) is 11.5 Å². The van der Waals surface area contributed by atoms with Crippen molar-refractivity contribution in [3.05, 3.63) is 98.1 Å². The van der Waals surface area contributed by atoms with Gasteiger partial charge in [-0.15, -0.1) is 0 Å². The van der Waals surface area contributed by atoms with Crippen LogP contribution in [-0.4, -0.2) is 29.1 Å². The first-order chi connectivity index (χ1) is 15.4. The molecule has 0 spiro atoms. The van der Waals surface area contributed by atoms with Gasteiger partial charge in [0.1, 0.15) is 5.56 Å². The number of carbonyl (C=O) groups is 1. The number of hydrogen-bond acceptors (Lipinski definition) is 8. The van der Waals surface area contributed by atoms with Gasteiger partial charge in [-0.2, -0.15) is 5.10 Å². The van der Waals surface area contributed by atoms with E-state index in [1.165, 1.54) is 61.9 Å². The number of methoxy groups -OCH3 is 1. The molecular weight excluding hydrogens is 420 g/mol. The minimum Gasteiger partial charge on any atom is -0.493 e. The van der Waals surface area contributed by atoms with E-state index in [1.54, 1.807) is 18.2 Å². The number of rotatable bonds is 8. The van der Waals surface area contributed by atoms with Crippen LogP contribution in [0.3, 0.4) is 0 Å². The van der Waals surface area contributed by atoms with Crippen molar-refractivity contribution in [1.82, 2.24) is 5.43 Å². The number of benzene rings is 3. The van der Waals surface area contributed by atoms with E-state index in [4.69, 9.17) is 9.47 Å². The molecule has 0 fully saturated rings. The molecule has 0 aliphatic rings. The van der Waals surface area contributed by atoms with Crippen LogP contribution < -0.4 is 14.9 Å². The summed E-state index contributed by atoms with van der Waals surface area (Å²) in [6.45, 7) is 0. The van der Waals surface area contributed by atoms with Crippen molar-refractivity contribution in [3.8, 4) is 17.2 Å². The number of nitrogens with zero attached hydrogens (tertiary/aromatic N) is 3. The number of nitro benzene ring substituents is 2. The van der Waals surface area contributed by atoms with Crippen molar-refractivity contribution in [2.75, 3.05) is 7.11 Å². The van der Waals surface area contributed by atoms with Gasteiger partial charge in [-0.05, 0) is 35.9 Å². The average molecular weight is 436 g/mol. The van der Waals surface area contributed by atoms with Gasteiger partial charge in [0.2, 0.25) is 5.75 Å². The monoisotopic (exact) mass is 436 g/mol. The molecule has 3 aromatic carbocycles. The van der Waals surface area contributed by atoms with Crippen LogP contribution in [0.1, 0.15) is 15.9 Å². The Bertz CT molecular complexity index is 1210. The van der Waals surface area contributed by atoms with E-state index >= 15 is 0 Å². The lowest BCUT2D eigenvalue weighted by molar-refractivity contribution is -0.385. The van der Waals surface area contributed by atoms with E-state index in [-0.39, 0.29) is 34.2 Å². The molecule has 3 aromatic rings. The van der Waals surface area contributed by atoms with Gasteiger partial charge >= 0.3 is 5.69 Å². The Kier molecular flexibility index (Phi) is 6.71. The van der Waals surface area contributed by atoms with Crippen molar-refractivity contribution in [3.63, 3.8) is 0 Å². The third kappa shape index (κ3) is 5.02. The number of nitrogens with one attached hydrogen (secondary N) is 1. The molecule has 11 nitrogen and oxygen atoms in total. The molecule has 32 heavy (non-hydrogen) atoms. The van der Waals surface area contributed by atoms with E-state index in [2.05, 4.69) is 10.5 Å². The van der Waals surface area contributed by atoms with Crippen molar-refractivity contribution in [1.29, 1.82) is 0 Å². The molecule has 0 radical (unpaired) electrons. The molecule has 0 heterocycles. The first kappa shape index (κ1) is 21.9. The smallest absolute Gasteiger partial charge is 0.311 e. The molecule has 0 unspecified atom stereocenters. The summed E-state index contributed by atoms with van der Waals surface area (Å²) in [7, 11) is 1.40. The molecule has 11 heteroatoms. The molecule has 0 aromatic heterocycles. The number of ether oxygens (including phenoxy) is 2. The normalized spacial score (nSPS) is 10.5. The number of nitro groups is 2. The quantitative estimate of drug-likeness (QED) is 0.318. The average Bonchev–Trinajstić information content (AvgIpc) is 2.80. The van der Waals surface area contributed by atoms with Crippen LogP contribution in [0.2, 0.25) is 0 Å². The largest absolute Gasteiger partial charge is 0.493 e. The van der Waals surface area contributed by atoms with E-state index < -0.39 is 15.8 Å². The van der Waals surface area contributed by atoms with Crippen LogP contribution >= 0.6 is 0 Å². The Labute approximate surface area is 181 Å². The zero-order valence-corrected chi connectivity index (χ0v) is 16.6. The standard InChI is InChI=1S/C21H16N4O7/c1-31-20-12-14(10-11-19(20)32-18-9-5-4-8-17(18)25(29)30)13-22-23-21(26)15-6-2-3-7-16(15)24(27)28/h2-13H,1H3,(H,23,26)/b22-13-. The summed E-state index contributed by atoms with van der Waals surface area (Å²) < 4.78 is 10.9. The van der Waals surface area contributed by atoms with Gasteiger partial charge in [0.25, 0.3) is 11.6 Å². The molecule has 0 saturated heterocycles. The Morgan fingerprint density at radius 1 is 0.906 bits per heavy atom. The van der Waals surface area contributed by atoms with E-state index in [1.807, 2.05) is 0 Å². The van der Waals surface area contributed by atoms with Gasteiger partial charge in [0, 0.05) is 12.1 Å². The second kappa shape index (κ2) is 9.80. The maximum atomic E-state index is 12.2. The number of hydrazone groups is 1. The third-order valence-electron chi connectivity index (χ3n) is 4.19. The maximum Gasteiger partial charge on any atom is 0.311 e. The second-order valence-electron chi connectivity index (χ2n) is 6.21. The van der Waals surface area contributed by atoms with Crippen molar-refractivity contribution < 1.29 is 24.1 Å². The van der Waals surface area contributed by atoms with Gasteiger partial charge in [-0.3, -0.25) is 25.0 Å². The molecule has 0 saturated carbocycles. The van der Waals surface area contributed by atoms with E-state index in [0.29, 0.717) is 5.56 Å². The lowest BCUT2D eigenvalue weighted by Crippen LogP contribution is -2.18. The summed E-state index contributed by atoms with van der Waals surface area (Å²) in [5, 5.41) is 26.0. The van der Waals surface area contributed by atoms with Gasteiger partial charge in [0.05, 0.1) is 23.2 Å². The second-order valence-corrected chi connectivity index (χ2v) is 6.21. The highest BCUT2D eigenvalue weighted by Gasteiger charge is 2.19. The highest BCUT2D eigenvalue weighted by Crippen LogP contribution is 2.36. The summed E-state index contributed by atoms with van der Waals surface area (Å²) in [5.74, 6) is -0.175. The highest BCUT2D eigenvalue weighted by atomic mass is 16.6. The summed E-state index contributed by atoms with van der Waals surface area (Å²) in [6, 6.07) is 16.1. The predicted molar refractivity (Wildman–Crippen MR) is 114 cm³/mol. The first-order valence-corrected chi connectivity index (χ1v) is 9.07. The van der Waals surface area contributed by atoms with Crippen LogP contribution in [0.5, 0.6) is 17.2 Å². The molecule has 3 rings (SSSR count). The van der Waals surface area contributed by atoms with E-state index in [0.717, 1.165) is 0 Å². The highest BCUT2D eigenvalue weighted by molar-refractivity contribution is 5.98. The third-order valence-corrected chi connectivity index (χ3v) is 4.19. The SMILES string of the molecule is COc1cc(/C=N\NC(=O)c2ccccc2[N+](=O)[O-])ccc1Oc1ccccc1[N+](=O)[O-]. The molecule has 1 N–H and O–H groups in total. The molecule has 162 valence electrons. The van der Waals surface area contributed by atoms with Crippen LogP contribution in [0, 0.1) is 20.2 Å². The fourth-order valence-corrected chi connectivity index (χ4v) is 2.71. The first-order valence-electron chi connectivity index (χ1n) is 9.07. The fraction of sp³-hybridized carbons (Fsp3) is 0.0476. The lowest BCUT2D eigenvalue weighted by atomic mass is 10.2. The molecule has 0 aliphatic carbocycles. The number of para-hydroxylation sites is 3. The summed E-state index contributed by atoms with van der Waals surface area (Å²) in [4.78, 5) is 33.2. The van der Waals surface area contributed by atoms with Crippen LogP contribution in [0.25, 0.3) is 0 Å². The fourth-order valence-electron chi connectivity index (χ4n) is 2.71. The Morgan fingerprint density at radius 2 is 1.56 bits per heavy atom. The van der Waals surface area contributed by atoms with Crippen LogP contribution in [0.15, 0.2) is 71.8 Å². The molecule has 0 atom stereocenters. The van der Waals surface area contributed by atoms with E-state index in [9.17, 15) is 25.0 Å². The summed E-state index contributed by atoms with van der Waals surface area (Å²) in [5.41, 5.74) is 2.09. The number of carbonyl (C=O) groups excluding carboxylic acids is 1. The summed E-state index contributed by atoms with van der Waals surface area (Å²) in [6.07, 6.45) is 1.31. The summed E-state index contributed by atoms with van der Waals surface area (Å²) >= 11 is 0. The lowest BCUT2D eigenvalue weighted by Gasteiger charge is -2.11. The molecular formula is C21H16N4O7.